The van der Waals surface area contributed by atoms with Crippen LogP contribution in [0.3, 0.4) is 0 Å². The second kappa shape index (κ2) is 13.0. The smallest absolute Gasteiger partial charge is 0.242 e. The highest BCUT2D eigenvalue weighted by atomic mass is 28.4. The highest BCUT2D eigenvalue weighted by Crippen LogP contribution is 2.43. The van der Waals surface area contributed by atoms with Gasteiger partial charge in [-0.25, -0.2) is 18.7 Å². The lowest BCUT2D eigenvalue weighted by molar-refractivity contribution is -0.148. The first-order valence-electron chi connectivity index (χ1n) is 15.8. The van der Waals surface area contributed by atoms with Gasteiger partial charge in [0.15, 0.2) is 31.5 Å². The summed E-state index contributed by atoms with van der Waals surface area (Å²) in [6, 6.07) is 2.42. The number of hydrogen-bond donors (Lipinski definition) is 1. The van der Waals surface area contributed by atoms with Crippen LogP contribution in [-0.4, -0.2) is 85.9 Å². The molecule has 1 saturated heterocycles. The van der Waals surface area contributed by atoms with E-state index < -0.39 is 31.5 Å². The van der Waals surface area contributed by atoms with Gasteiger partial charge in [0.05, 0.1) is 29.9 Å². The number of nitrogens with one attached hydrogen (secondary N) is 1. The molecule has 1 aromatic carbocycles. The van der Waals surface area contributed by atoms with E-state index in [1.165, 1.54) is 12.4 Å². The highest BCUT2D eigenvalue weighted by Gasteiger charge is 2.46. The van der Waals surface area contributed by atoms with E-state index in [4.69, 9.17) is 9.16 Å². The Kier molecular flexibility index (Phi) is 9.54. The van der Waals surface area contributed by atoms with E-state index in [0.29, 0.717) is 38.7 Å². The lowest BCUT2D eigenvalue weighted by atomic mass is 9.91. The lowest BCUT2D eigenvalue weighted by Crippen LogP contribution is -2.64. The van der Waals surface area contributed by atoms with Gasteiger partial charge in [-0.1, -0.05) is 20.8 Å². The maximum Gasteiger partial charge on any atom is 0.242 e. The summed E-state index contributed by atoms with van der Waals surface area (Å²) in [7, 11) is -2.14. The molecular formula is C32H44F2N8O4Si. The number of fused-ring (bicyclic) bond motifs is 1. The van der Waals surface area contributed by atoms with Crippen molar-refractivity contribution in [2.45, 2.75) is 90.3 Å². The number of benzene rings is 1. The van der Waals surface area contributed by atoms with Crippen LogP contribution < -0.4 is 10.1 Å². The Morgan fingerprint density at radius 2 is 1.87 bits per heavy atom. The maximum absolute atomic E-state index is 14.1. The fraction of sp³-hybridized carbons (Fsp3) is 0.562. The van der Waals surface area contributed by atoms with Gasteiger partial charge in [-0.05, 0) is 57.5 Å². The summed E-state index contributed by atoms with van der Waals surface area (Å²) in [6.45, 7) is 18.8. The minimum absolute atomic E-state index is 0.00639. The first-order chi connectivity index (χ1) is 21.9. The zero-order valence-electron chi connectivity index (χ0n) is 28.3. The second-order valence-electron chi connectivity index (χ2n) is 14.5. The van der Waals surface area contributed by atoms with Crippen molar-refractivity contribution in [2.75, 3.05) is 25.0 Å². The van der Waals surface area contributed by atoms with Gasteiger partial charge in [0.2, 0.25) is 17.7 Å². The lowest BCUT2D eigenvalue weighted by Gasteiger charge is -2.50. The van der Waals surface area contributed by atoms with E-state index >= 15 is 0 Å². The topological polar surface area (TPSA) is 128 Å². The molecule has 1 N–H and O–H groups in total. The zero-order valence-corrected chi connectivity index (χ0v) is 29.3. The number of piperazine rings is 1. The van der Waals surface area contributed by atoms with Crippen LogP contribution in [0.15, 0.2) is 36.9 Å². The molecule has 0 radical (unpaired) electrons. The number of aromatic nitrogens is 5. The van der Waals surface area contributed by atoms with Crippen LogP contribution in [0.5, 0.6) is 11.6 Å². The monoisotopic (exact) mass is 670 g/mol. The second-order valence-corrected chi connectivity index (χ2v) is 19.3. The van der Waals surface area contributed by atoms with E-state index in [9.17, 15) is 18.4 Å². The summed E-state index contributed by atoms with van der Waals surface area (Å²) in [5.41, 5.74) is -0.540. The molecule has 4 heterocycles. The molecule has 2 unspecified atom stereocenters. The Bertz CT molecular complexity index is 1610. The molecule has 2 aliphatic rings. The molecule has 47 heavy (non-hydrogen) atoms. The first kappa shape index (κ1) is 34.5. The van der Waals surface area contributed by atoms with Crippen molar-refractivity contribution in [3.63, 3.8) is 0 Å². The van der Waals surface area contributed by atoms with Crippen molar-refractivity contribution in [1.82, 2.24) is 34.5 Å². The van der Waals surface area contributed by atoms with Crippen LogP contribution >= 0.6 is 0 Å². The van der Waals surface area contributed by atoms with Crippen molar-refractivity contribution in [2.24, 2.45) is 5.92 Å². The zero-order chi connectivity index (χ0) is 34.3. The standard InChI is InChI=1S/C32H44F2N8O4Si/c1-20(29(43)38-26-15-36-27(16-35-26)45-24-10-9-22(33)14-23(24)34)40-11-12-42(32(5,6)18-40)30(44)21-13-25(28-39-37-19-41(28)17-21)46-47(7,8)31(2,3)4/h9-10,14-16,19-21,25H,11-13,17-18H2,1-8H3,(H,35,38,43)/t20-,21?,25?/m0/s1. The quantitative estimate of drug-likeness (QED) is 0.323. The van der Waals surface area contributed by atoms with E-state index in [-0.39, 0.29) is 46.3 Å². The van der Waals surface area contributed by atoms with Crippen molar-refractivity contribution < 1.29 is 27.5 Å². The van der Waals surface area contributed by atoms with Gasteiger partial charge < -0.3 is 23.9 Å². The predicted octanol–water partition coefficient (Wildman–Crippen LogP) is 5.17. The van der Waals surface area contributed by atoms with E-state index in [1.807, 2.05) is 35.1 Å². The summed E-state index contributed by atoms with van der Waals surface area (Å²) in [5, 5.41) is 11.2. The number of nitrogens with zero attached hydrogens (tertiary/aromatic N) is 7. The molecule has 2 aliphatic heterocycles. The number of amides is 2. The van der Waals surface area contributed by atoms with Crippen molar-refractivity contribution in [3.8, 4) is 11.6 Å². The van der Waals surface area contributed by atoms with Crippen LogP contribution in [0.4, 0.5) is 14.6 Å². The number of rotatable bonds is 8. The number of carbonyl (C=O) groups excluding carboxylic acids is 2. The van der Waals surface area contributed by atoms with Gasteiger partial charge in [0.1, 0.15) is 18.2 Å². The van der Waals surface area contributed by atoms with Crippen LogP contribution in [0.1, 0.15) is 59.9 Å². The van der Waals surface area contributed by atoms with E-state index in [2.05, 4.69) is 59.3 Å². The third kappa shape index (κ3) is 7.52. The number of hydrogen-bond acceptors (Lipinski definition) is 9. The van der Waals surface area contributed by atoms with Gasteiger partial charge >= 0.3 is 0 Å². The summed E-state index contributed by atoms with van der Waals surface area (Å²) in [5.74, 6) is -1.34. The van der Waals surface area contributed by atoms with Gasteiger partial charge in [-0.15, -0.1) is 10.2 Å². The molecule has 3 aromatic rings. The minimum Gasteiger partial charge on any atom is -0.434 e. The Balaban J connectivity index is 1.19. The molecule has 15 heteroatoms. The fourth-order valence-electron chi connectivity index (χ4n) is 5.79. The predicted molar refractivity (Wildman–Crippen MR) is 173 cm³/mol. The molecule has 5 rings (SSSR count). The number of halogens is 2. The molecule has 2 aromatic heterocycles. The highest BCUT2D eigenvalue weighted by molar-refractivity contribution is 6.74. The summed E-state index contributed by atoms with van der Waals surface area (Å²) in [4.78, 5) is 39.5. The minimum atomic E-state index is -2.14. The molecule has 254 valence electrons. The molecule has 3 atom stereocenters. The van der Waals surface area contributed by atoms with Gasteiger partial charge in [0.25, 0.3) is 0 Å². The summed E-state index contributed by atoms with van der Waals surface area (Å²) in [6.07, 6.45) is 4.46. The van der Waals surface area contributed by atoms with Crippen molar-refractivity contribution in [1.29, 1.82) is 0 Å². The molecule has 0 spiro atoms. The molecule has 0 saturated carbocycles. The molecule has 12 nitrogen and oxygen atoms in total. The van der Waals surface area contributed by atoms with E-state index in [1.54, 1.807) is 6.33 Å². The number of ether oxygens (including phenoxy) is 1. The normalized spacial score (nSPS) is 20.8. The third-order valence-corrected chi connectivity index (χ3v) is 14.0. The first-order valence-corrected chi connectivity index (χ1v) is 18.7. The summed E-state index contributed by atoms with van der Waals surface area (Å²) >= 11 is 0. The fourth-order valence-corrected chi connectivity index (χ4v) is 7.06. The maximum atomic E-state index is 14.1. The Morgan fingerprint density at radius 1 is 1.13 bits per heavy atom. The average molecular weight is 671 g/mol. The molecule has 1 fully saturated rings. The van der Waals surface area contributed by atoms with Crippen molar-refractivity contribution >= 4 is 25.9 Å². The van der Waals surface area contributed by atoms with Crippen LogP contribution in [-0.2, 0) is 20.6 Å². The molecular weight excluding hydrogens is 626 g/mol. The van der Waals surface area contributed by atoms with Crippen molar-refractivity contribution in [3.05, 3.63) is 54.4 Å². The van der Waals surface area contributed by atoms with Crippen LogP contribution in [0.25, 0.3) is 0 Å². The van der Waals surface area contributed by atoms with Crippen LogP contribution in [0.2, 0.25) is 18.1 Å². The Hall–Kier alpha value is -3.82. The molecule has 0 aliphatic carbocycles. The van der Waals surface area contributed by atoms with Gasteiger partial charge in [-0.2, -0.15) is 0 Å². The van der Waals surface area contributed by atoms with Gasteiger partial charge in [-0.3, -0.25) is 14.5 Å². The van der Waals surface area contributed by atoms with E-state index in [0.717, 1.165) is 18.0 Å². The SMILES string of the molecule is C[C@@H](C(=O)Nc1cnc(Oc2ccc(F)cc2F)cn1)N1CCN(C(=O)C2CC(O[Si](C)(C)C(C)(C)C)c3nncn3C2)C(C)(C)C1. The summed E-state index contributed by atoms with van der Waals surface area (Å²) < 4.78 is 41.1. The Labute approximate surface area is 275 Å². The molecule has 2 amide bonds. The Morgan fingerprint density at radius 3 is 2.51 bits per heavy atom. The molecule has 0 bridgehead atoms. The average Bonchev–Trinajstić information content (AvgIpc) is 3.47. The third-order valence-electron chi connectivity index (χ3n) is 9.55. The number of anilines is 1. The number of carbonyl (C=O) groups is 2. The van der Waals surface area contributed by atoms with Crippen LogP contribution in [0, 0.1) is 17.6 Å². The van der Waals surface area contributed by atoms with Gasteiger partial charge in [0, 0.05) is 32.2 Å². The largest absolute Gasteiger partial charge is 0.434 e.